The predicted octanol–water partition coefficient (Wildman–Crippen LogP) is 0.251. The molecular formula is C26H25N6O9S2+. The number of amides is 2. The minimum Gasteiger partial charge on any atom is -0.504 e. The average Bonchev–Trinajstić information content (AvgIpc) is 3.41. The summed E-state index contributed by atoms with van der Waals surface area (Å²) in [4.78, 5) is 61.3. The molecule has 4 heterocycles. The first kappa shape index (κ1) is 29.8. The zero-order chi connectivity index (χ0) is 30.8. The van der Waals surface area contributed by atoms with Crippen LogP contribution >= 0.6 is 23.1 Å². The lowest BCUT2D eigenvalue weighted by molar-refractivity contribution is -0.689. The number of carboxylic acids is 2. The minimum atomic E-state index is -1.73. The van der Waals surface area contributed by atoms with Crippen molar-refractivity contribution in [2.75, 3.05) is 11.5 Å². The maximum atomic E-state index is 13.5. The summed E-state index contributed by atoms with van der Waals surface area (Å²) < 4.78 is 1.79. The number of aliphatic carboxylic acids is 2. The Morgan fingerprint density at radius 2 is 1.91 bits per heavy atom. The van der Waals surface area contributed by atoms with E-state index in [1.54, 1.807) is 29.1 Å². The molecule has 0 bridgehead atoms. The number of carbonyl (C=O) groups excluding carboxylic acids is 2. The van der Waals surface area contributed by atoms with Gasteiger partial charge in [-0.2, -0.15) is 5.48 Å². The van der Waals surface area contributed by atoms with Gasteiger partial charge in [-0.3, -0.25) is 19.3 Å². The number of β-lactam (4-membered cyclic amide) rings is 1. The maximum Gasteiger partial charge on any atom is 0.352 e. The molecule has 0 radical (unpaired) electrons. The van der Waals surface area contributed by atoms with Gasteiger partial charge in [0.25, 0.3) is 5.91 Å². The van der Waals surface area contributed by atoms with Crippen molar-refractivity contribution in [1.29, 1.82) is 0 Å². The van der Waals surface area contributed by atoms with E-state index >= 15 is 0 Å². The number of nitrogens with two attached hydrogens (primary N) is 1. The Kier molecular flexibility index (Phi) is 8.49. The van der Waals surface area contributed by atoms with E-state index in [1.165, 1.54) is 23.2 Å². The fourth-order valence-electron chi connectivity index (χ4n) is 4.58. The van der Waals surface area contributed by atoms with E-state index in [1.807, 2.05) is 6.07 Å². The second-order valence-electron chi connectivity index (χ2n) is 9.45. The number of fused-ring (bicyclic) bond motifs is 1. The summed E-state index contributed by atoms with van der Waals surface area (Å²) in [5.41, 5.74) is 8.54. The first-order valence-electron chi connectivity index (χ1n) is 12.6. The van der Waals surface area contributed by atoms with Crippen LogP contribution in [0.1, 0.15) is 23.4 Å². The van der Waals surface area contributed by atoms with E-state index in [2.05, 4.69) is 15.8 Å². The molecule has 15 nitrogen and oxygen atoms in total. The topological polar surface area (TPSA) is 229 Å². The second-order valence-corrected chi connectivity index (χ2v) is 11.4. The first-order chi connectivity index (χ1) is 20.5. The van der Waals surface area contributed by atoms with Crippen molar-refractivity contribution in [3.05, 3.63) is 76.7 Å². The summed E-state index contributed by atoms with van der Waals surface area (Å²) in [7, 11) is 0. The number of nitrogens with one attached hydrogen (secondary N) is 2. The van der Waals surface area contributed by atoms with E-state index in [0.717, 1.165) is 28.4 Å². The lowest BCUT2D eigenvalue weighted by Gasteiger charge is -2.49. The molecule has 1 fully saturated rings. The van der Waals surface area contributed by atoms with Crippen molar-refractivity contribution in [3.8, 4) is 11.5 Å². The van der Waals surface area contributed by atoms with Crippen molar-refractivity contribution in [2.24, 2.45) is 0 Å². The number of carbonyl (C=O) groups is 4. The van der Waals surface area contributed by atoms with Crippen molar-refractivity contribution < 1.29 is 49.0 Å². The third-order valence-corrected chi connectivity index (χ3v) is 8.66. The lowest BCUT2D eigenvalue weighted by Crippen LogP contribution is -2.71. The van der Waals surface area contributed by atoms with E-state index in [9.17, 15) is 39.6 Å². The summed E-state index contributed by atoms with van der Waals surface area (Å²) in [5, 5.41) is 42.5. The molecular weight excluding hydrogens is 604 g/mol. The van der Waals surface area contributed by atoms with Crippen LogP contribution < -0.4 is 21.1 Å². The van der Waals surface area contributed by atoms with Crippen LogP contribution in [0.25, 0.3) is 0 Å². The standard InChI is InChI=1S/C26H24N6O9S2/c27-26-28-14(11-43-26)17(30-41-20(25(39)40)12-4-5-15(33)16(34)8-12)21(35)29-18-22(36)32-19(24(37)38)13(10-42-23(18)32)9-31-6-2-1-3-7-31/h1-8,11,17-18,20,23,30H,9-10H2,(H6-,27,28,29,33,34,35,37,38,39,40)/p+1/t17?,18-,20+,23-/m1/s1. The monoisotopic (exact) mass is 629 g/mol. The summed E-state index contributed by atoms with van der Waals surface area (Å²) in [6.45, 7) is 0.265. The van der Waals surface area contributed by atoms with Crippen molar-refractivity contribution in [1.82, 2.24) is 20.7 Å². The number of carboxylic acid groups (broad SMARTS) is 2. The number of hydrogen-bond acceptors (Lipinski definition) is 12. The second kappa shape index (κ2) is 12.3. The molecule has 0 aliphatic carbocycles. The smallest absolute Gasteiger partial charge is 0.352 e. The highest BCUT2D eigenvalue weighted by Crippen LogP contribution is 2.40. The molecule has 43 heavy (non-hydrogen) atoms. The number of benzene rings is 1. The van der Waals surface area contributed by atoms with Crippen LogP contribution in [0.2, 0.25) is 0 Å². The molecule has 224 valence electrons. The van der Waals surface area contributed by atoms with E-state index < -0.39 is 58.8 Å². The summed E-state index contributed by atoms with van der Waals surface area (Å²) in [5.74, 6) is -4.92. The molecule has 1 aromatic carbocycles. The van der Waals surface area contributed by atoms with Gasteiger partial charge in [-0.1, -0.05) is 12.1 Å². The Hall–Kier alpha value is -4.71. The van der Waals surface area contributed by atoms with Gasteiger partial charge in [0.05, 0.1) is 5.69 Å². The zero-order valence-electron chi connectivity index (χ0n) is 22.0. The number of hydroxylamine groups is 1. The highest BCUT2D eigenvalue weighted by molar-refractivity contribution is 8.00. The zero-order valence-corrected chi connectivity index (χ0v) is 23.6. The molecule has 0 spiro atoms. The van der Waals surface area contributed by atoms with Gasteiger partial charge < -0.3 is 31.5 Å². The maximum absolute atomic E-state index is 13.5. The van der Waals surface area contributed by atoms with E-state index in [0.29, 0.717) is 11.3 Å². The van der Waals surface area contributed by atoms with Gasteiger partial charge in [-0.25, -0.2) is 19.1 Å². The number of nitrogens with zero attached hydrogens (tertiary/aromatic N) is 3. The van der Waals surface area contributed by atoms with Gasteiger partial charge in [0.1, 0.15) is 17.1 Å². The van der Waals surface area contributed by atoms with Gasteiger partial charge in [0, 0.05) is 28.8 Å². The van der Waals surface area contributed by atoms with Gasteiger partial charge in [0.2, 0.25) is 12.0 Å². The van der Waals surface area contributed by atoms with Crippen molar-refractivity contribution >= 4 is 52.0 Å². The average molecular weight is 630 g/mol. The molecule has 1 unspecified atom stereocenters. The first-order valence-corrected chi connectivity index (χ1v) is 14.5. The van der Waals surface area contributed by atoms with Gasteiger partial charge >= 0.3 is 11.9 Å². The number of rotatable bonds is 11. The number of aromatic hydroxyl groups is 2. The van der Waals surface area contributed by atoms with Crippen LogP contribution in [0.3, 0.4) is 0 Å². The Bertz CT molecular complexity index is 1620. The largest absolute Gasteiger partial charge is 0.504 e. The molecule has 4 atom stereocenters. The number of pyridine rings is 1. The van der Waals surface area contributed by atoms with Crippen LogP contribution in [0.15, 0.2) is 65.4 Å². The van der Waals surface area contributed by atoms with Crippen LogP contribution in [0.5, 0.6) is 11.5 Å². The van der Waals surface area contributed by atoms with Crippen LogP contribution in [-0.2, 0) is 30.6 Å². The molecule has 8 N–H and O–H groups in total. The van der Waals surface area contributed by atoms with Crippen molar-refractivity contribution in [3.63, 3.8) is 0 Å². The fourth-order valence-corrected chi connectivity index (χ4v) is 6.51. The number of phenolic OH excluding ortho intramolecular Hbond substituents is 2. The Morgan fingerprint density at radius 3 is 2.53 bits per heavy atom. The van der Waals surface area contributed by atoms with E-state index in [4.69, 9.17) is 10.6 Å². The Balaban J connectivity index is 1.33. The Labute approximate surface area is 251 Å². The van der Waals surface area contributed by atoms with Crippen LogP contribution in [0, 0.1) is 0 Å². The SMILES string of the molecule is Nc1nc(C(NO[C@H](C(=O)O)c2ccc(O)c(O)c2)C(=O)N[C@@H]2C(=O)N3C(C(=O)O)=C(C[n+]4ccccc4)CS[C@H]23)cs1. The summed E-state index contributed by atoms with van der Waals surface area (Å²) in [6, 6.07) is 6.20. The molecule has 2 aliphatic rings. The molecule has 2 aliphatic heterocycles. The highest BCUT2D eigenvalue weighted by Gasteiger charge is 2.55. The number of nitrogen functional groups attached to an aromatic ring is 1. The number of aromatic nitrogens is 2. The third kappa shape index (κ3) is 6.09. The fraction of sp³-hybridized carbons (Fsp3) is 0.231. The Morgan fingerprint density at radius 1 is 1.16 bits per heavy atom. The normalized spacial score (nSPS) is 19.3. The number of hydrogen-bond donors (Lipinski definition) is 7. The number of thioether (sulfide) groups is 1. The lowest BCUT2D eigenvalue weighted by atomic mass is 10.0. The van der Waals surface area contributed by atoms with Gasteiger partial charge in [0.15, 0.2) is 41.6 Å². The van der Waals surface area contributed by atoms with Crippen LogP contribution in [-0.4, -0.2) is 71.2 Å². The molecule has 3 aromatic rings. The van der Waals surface area contributed by atoms with Gasteiger partial charge in [-0.15, -0.1) is 23.1 Å². The molecule has 17 heteroatoms. The molecule has 2 amide bonds. The van der Waals surface area contributed by atoms with E-state index in [-0.39, 0.29) is 28.6 Å². The number of phenols is 2. The minimum absolute atomic E-state index is 0.0480. The number of thiazole rings is 1. The summed E-state index contributed by atoms with van der Waals surface area (Å²) >= 11 is 2.31. The predicted molar refractivity (Wildman–Crippen MR) is 150 cm³/mol. The molecule has 1 saturated heterocycles. The van der Waals surface area contributed by atoms with Crippen molar-refractivity contribution in [2.45, 2.75) is 30.1 Å². The third-order valence-electron chi connectivity index (χ3n) is 6.63. The highest BCUT2D eigenvalue weighted by atomic mass is 32.2. The number of anilines is 1. The molecule has 0 saturated carbocycles. The molecule has 2 aromatic heterocycles. The van der Waals surface area contributed by atoms with Crippen LogP contribution in [0.4, 0.5) is 5.13 Å². The molecule has 5 rings (SSSR count). The quantitative estimate of drug-likeness (QED) is 0.0654. The van der Waals surface area contributed by atoms with Gasteiger partial charge in [-0.05, 0) is 17.7 Å². The summed E-state index contributed by atoms with van der Waals surface area (Å²) in [6.07, 6.45) is 1.84.